The standard InChI is InChI=1S/C13H27NO/c1-3-6-11(2)14-10-5-8-12-7-4-9-13(12)15/h11-15H,3-10H2,1-2H3. The highest BCUT2D eigenvalue weighted by Gasteiger charge is 2.24. The average molecular weight is 213 g/mol. The van der Waals surface area contributed by atoms with E-state index in [-0.39, 0.29) is 6.10 Å². The van der Waals surface area contributed by atoms with E-state index in [2.05, 4.69) is 19.2 Å². The molecule has 0 radical (unpaired) electrons. The number of nitrogens with one attached hydrogen (secondary N) is 1. The Hall–Kier alpha value is -0.0800. The Kier molecular flexibility index (Phi) is 6.26. The van der Waals surface area contributed by atoms with Crippen molar-refractivity contribution < 1.29 is 5.11 Å². The molecule has 2 nitrogen and oxygen atoms in total. The van der Waals surface area contributed by atoms with Crippen molar-refractivity contribution in [3.8, 4) is 0 Å². The lowest BCUT2D eigenvalue weighted by Crippen LogP contribution is -2.27. The Labute approximate surface area is 94.5 Å². The number of hydrogen-bond donors (Lipinski definition) is 2. The average Bonchev–Trinajstić information content (AvgIpc) is 2.60. The molecule has 3 unspecified atom stereocenters. The molecule has 0 amide bonds. The van der Waals surface area contributed by atoms with Gasteiger partial charge in [-0.05, 0) is 51.5 Å². The molecule has 3 atom stereocenters. The number of aliphatic hydroxyl groups is 1. The van der Waals surface area contributed by atoms with E-state index in [0.29, 0.717) is 12.0 Å². The van der Waals surface area contributed by atoms with Gasteiger partial charge in [-0.15, -0.1) is 0 Å². The summed E-state index contributed by atoms with van der Waals surface area (Å²) in [6.45, 7) is 5.60. The molecule has 0 saturated heterocycles. The summed E-state index contributed by atoms with van der Waals surface area (Å²) in [6.07, 6.45) is 8.45. The minimum atomic E-state index is -0.00179. The van der Waals surface area contributed by atoms with Gasteiger partial charge in [0.15, 0.2) is 0 Å². The summed E-state index contributed by atoms with van der Waals surface area (Å²) >= 11 is 0. The molecule has 0 heterocycles. The molecule has 2 heteroatoms. The Morgan fingerprint density at radius 1 is 1.40 bits per heavy atom. The van der Waals surface area contributed by atoms with Gasteiger partial charge in [0.05, 0.1) is 6.10 Å². The Morgan fingerprint density at radius 3 is 2.80 bits per heavy atom. The fourth-order valence-electron chi connectivity index (χ4n) is 2.60. The molecule has 0 aliphatic heterocycles. The number of aliphatic hydroxyl groups excluding tert-OH is 1. The molecule has 15 heavy (non-hydrogen) atoms. The van der Waals surface area contributed by atoms with Gasteiger partial charge in [0, 0.05) is 6.04 Å². The van der Waals surface area contributed by atoms with Gasteiger partial charge in [-0.2, -0.15) is 0 Å². The van der Waals surface area contributed by atoms with Crippen LogP contribution in [0.3, 0.4) is 0 Å². The molecule has 90 valence electrons. The maximum Gasteiger partial charge on any atom is 0.0568 e. The van der Waals surface area contributed by atoms with Crippen LogP contribution in [0.2, 0.25) is 0 Å². The highest BCUT2D eigenvalue weighted by molar-refractivity contribution is 4.76. The van der Waals surface area contributed by atoms with Crippen LogP contribution in [-0.4, -0.2) is 23.8 Å². The van der Waals surface area contributed by atoms with Crippen LogP contribution in [0, 0.1) is 5.92 Å². The Balaban J connectivity index is 1.96. The number of rotatable bonds is 7. The van der Waals surface area contributed by atoms with Gasteiger partial charge in [-0.3, -0.25) is 0 Å². The highest BCUT2D eigenvalue weighted by atomic mass is 16.3. The summed E-state index contributed by atoms with van der Waals surface area (Å²) in [6, 6.07) is 0.656. The second-order valence-electron chi connectivity index (χ2n) is 5.04. The third-order valence-corrected chi connectivity index (χ3v) is 3.59. The zero-order valence-corrected chi connectivity index (χ0v) is 10.3. The van der Waals surface area contributed by atoms with Crippen molar-refractivity contribution in [3.63, 3.8) is 0 Å². The molecule has 1 rings (SSSR count). The highest BCUT2D eigenvalue weighted by Crippen LogP contribution is 2.28. The summed E-state index contributed by atoms with van der Waals surface area (Å²) in [4.78, 5) is 0. The largest absolute Gasteiger partial charge is 0.393 e. The second-order valence-corrected chi connectivity index (χ2v) is 5.04. The third-order valence-electron chi connectivity index (χ3n) is 3.59. The molecule has 0 bridgehead atoms. The van der Waals surface area contributed by atoms with E-state index in [4.69, 9.17) is 0 Å². The van der Waals surface area contributed by atoms with Crippen LogP contribution >= 0.6 is 0 Å². The molecule has 0 aromatic carbocycles. The normalized spacial score (nSPS) is 28.2. The maximum absolute atomic E-state index is 9.66. The first-order valence-corrected chi connectivity index (χ1v) is 6.65. The summed E-state index contributed by atoms with van der Waals surface area (Å²) < 4.78 is 0. The van der Waals surface area contributed by atoms with E-state index in [9.17, 15) is 5.11 Å². The van der Waals surface area contributed by atoms with Gasteiger partial charge in [-0.25, -0.2) is 0 Å². The van der Waals surface area contributed by atoms with Crippen molar-refractivity contribution in [2.45, 2.75) is 70.9 Å². The van der Waals surface area contributed by atoms with Gasteiger partial charge >= 0.3 is 0 Å². The summed E-state index contributed by atoms with van der Waals surface area (Å²) in [5, 5.41) is 13.2. The molecular weight excluding hydrogens is 186 g/mol. The fourth-order valence-corrected chi connectivity index (χ4v) is 2.60. The van der Waals surface area contributed by atoms with Gasteiger partial charge in [-0.1, -0.05) is 19.8 Å². The lowest BCUT2D eigenvalue weighted by Gasteiger charge is -2.16. The minimum Gasteiger partial charge on any atom is -0.393 e. The second kappa shape index (κ2) is 7.24. The molecule has 1 aliphatic rings. The predicted molar refractivity (Wildman–Crippen MR) is 65.0 cm³/mol. The van der Waals surface area contributed by atoms with Crippen molar-refractivity contribution >= 4 is 0 Å². The van der Waals surface area contributed by atoms with Crippen LogP contribution in [0.4, 0.5) is 0 Å². The fraction of sp³-hybridized carbons (Fsp3) is 1.00. The van der Waals surface area contributed by atoms with Crippen LogP contribution in [0.5, 0.6) is 0 Å². The number of hydrogen-bond acceptors (Lipinski definition) is 2. The van der Waals surface area contributed by atoms with Crippen molar-refractivity contribution in [3.05, 3.63) is 0 Å². The molecule has 0 spiro atoms. The van der Waals surface area contributed by atoms with Gasteiger partial charge in [0.2, 0.25) is 0 Å². The predicted octanol–water partition coefficient (Wildman–Crippen LogP) is 2.71. The first-order chi connectivity index (χ1) is 7.24. The van der Waals surface area contributed by atoms with E-state index >= 15 is 0 Å². The zero-order chi connectivity index (χ0) is 11.1. The van der Waals surface area contributed by atoms with Crippen LogP contribution in [0.1, 0.15) is 58.8 Å². The van der Waals surface area contributed by atoms with E-state index in [1.54, 1.807) is 0 Å². The quantitative estimate of drug-likeness (QED) is 0.637. The van der Waals surface area contributed by atoms with Crippen LogP contribution < -0.4 is 5.32 Å². The Bertz CT molecular complexity index is 161. The topological polar surface area (TPSA) is 32.3 Å². The molecular formula is C13H27NO. The molecule has 1 fully saturated rings. The van der Waals surface area contributed by atoms with Crippen molar-refractivity contribution in [1.82, 2.24) is 5.32 Å². The molecule has 1 aliphatic carbocycles. The van der Waals surface area contributed by atoms with Gasteiger partial charge in [0.1, 0.15) is 0 Å². The van der Waals surface area contributed by atoms with Crippen LogP contribution in [0.15, 0.2) is 0 Å². The van der Waals surface area contributed by atoms with Crippen molar-refractivity contribution in [1.29, 1.82) is 0 Å². The minimum absolute atomic E-state index is 0.00179. The van der Waals surface area contributed by atoms with Gasteiger partial charge in [0.25, 0.3) is 0 Å². The lowest BCUT2D eigenvalue weighted by atomic mass is 9.99. The molecule has 0 aromatic heterocycles. The third kappa shape index (κ3) is 4.98. The van der Waals surface area contributed by atoms with E-state index in [1.165, 1.54) is 38.5 Å². The smallest absolute Gasteiger partial charge is 0.0568 e. The van der Waals surface area contributed by atoms with E-state index < -0.39 is 0 Å². The van der Waals surface area contributed by atoms with Crippen LogP contribution in [-0.2, 0) is 0 Å². The van der Waals surface area contributed by atoms with Crippen LogP contribution in [0.25, 0.3) is 0 Å². The van der Waals surface area contributed by atoms with Crippen molar-refractivity contribution in [2.24, 2.45) is 5.92 Å². The molecule has 2 N–H and O–H groups in total. The van der Waals surface area contributed by atoms with Gasteiger partial charge < -0.3 is 10.4 Å². The summed E-state index contributed by atoms with van der Waals surface area (Å²) in [5.41, 5.74) is 0. The SMILES string of the molecule is CCCC(C)NCCCC1CCCC1O. The van der Waals surface area contributed by atoms with Crippen molar-refractivity contribution in [2.75, 3.05) is 6.54 Å². The first-order valence-electron chi connectivity index (χ1n) is 6.65. The maximum atomic E-state index is 9.66. The zero-order valence-electron chi connectivity index (χ0n) is 10.3. The summed E-state index contributed by atoms with van der Waals surface area (Å²) in [5.74, 6) is 0.591. The van der Waals surface area contributed by atoms with E-state index in [0.717, 1.165) is 13.0 Å². The molecule has 1 saturated carbocycles. The Morgan fingerprint density at radius 2 is 2.20 bits per heavy atom. The lowest BCUT2D eigenvalue weighted by molar-refractivity contribution is 0.126. The monoisotopic (exact) mass is 213 g/mol. The first kappa shape index (κ1) is 13.0. The molecule has 0 aromatic rings. The summed E-state index contributed by atoms with van der Waals surface area (Å²) in [7, 11) is 0. The van der Waals surface area contributed by atoms with E-state index in [1.807, 2.05) is 0 Å².